The summed E-state index contributed by atoms with van der Waals surface area (Å²) in [7, 11) is 0. The summed E-state index contributed by atoms with van der Waals surface area (Å²) in [5.41, 5.74) is 2.91. The van der Waals surface area contributed by atoms with Gasteiger partial charge in [-0.1, -0.05) is 52.7 Å². The zero-order valence-electron chi connectivity index (χ0n) is 20.3. The number of carbonyl (C=O) groups is 1. The third-order valence-corrected chi connectivity index (χ3v) is 6.93. The molecule has 12 heteroatoms. The number of aromatic amines is 1. The number of nitrogens with one attached hydrogen (secondary N) is 1. The van der Waals surface area contributed by atoms with Gasteiger partial charge in [0, 0.05) is 22.6 Å². The molecule has 0 atom stereocenters. The highest BCUT2D eigenvalue weighted by molar-refractivity contribution is 6.32. The molecular formula is C27H20Cl2FN7O2. The predicted molar refractivity (Wildman–Crippen MR) is 143 cm³/mol. The summed E-state index contributed by atoms with van der Waals surface area (Å²) in [6, 6.07) is 20.3. The van der Waals surface area contributed by atoms with Crippen LogP contribution in [0.2, 0.25) is 10.0 Å². The van der Waals surface area contributed by atoms with E-state index in [0.717, 1.165) is 5.56 Å². The molecule has 0 unspecified atom stereocenters. The Balaban J connectivity index is 1.39. The van der Waals surface area contributed by atoms with Crippen molar-refractivity contribution in [3.63, 3.8) is 0 Å². The lowest BCUT2D eigenvalue weighted by Crippen LogP contribution is -2.56. The molecule has 1 aliphatic heterocycles. The maximum atomic E-state index is 13.8. The van der Waals surface area contributed by atoms with Gasteiger partial charge < -0.3 is 9.64 Å². The first-order chi connectivity index (χ1) is 19.0. The van der Waals surface area contributed by atoms with Crippen molar-refractivity contribution < 1.29 is 13.9 Å². The number of nitrogens with zero attached hydrogens (tertiary/aromatic N) is 6. The van der Waals surface area contributed by atoms with Crippen LogP contribution in [0.5, 0.6) is 5.75 Å². The fourth-order valence-electron chi connectivity index (χ4n) is 4.44. The lowest BCUT2D eigenvalue weighted by molar-refractivity contribution is 0.0172. The normalized spacial score (nSPS) is 13.4. The van der Waals surface area contributed by atoms with E-state index in [-0.39, 0.29) is 29.9 Å². The van der Waals surface area contributed by atoms with Crippen LogP contribution in [0.25, 0.3) is 16.9 Å². The van der Waals surface area contributed by atoms with Crippen LogP contribution in [0.1, 0.15) is 21.9 Å². The molecule has 1 N–H and O–H groups in total. The molecule has 6 rings (SSSR count). The second kappa shape index (κ2) is 10.5. The zero-order chi connectivity index (χ0) is 26.9. The van der Waals surface area contributed by atoms with Crippen LogP contribution in [0.15, 0.2) is 72.8 Å². The van der Waals surface area contributed by atoms with Gasteiger partial charge >= 0.3 is 0 Å². The second-order valence-corrected chi connectivity index (χ2v) is 9.80. The molecule has 0 spiro atoms. The van der Waals surface area contributed by atoms with Crippen molar-refractivity contribution in [1.29, 1.82) is 0 Å². The molecule has 1 fully saturated rings. The number of halogens is 3. The Kier molecular flexibility index (Phi) is 6.72. The van der Waals surface area contributed by atoms with Crippen molar-refractivity contribution in [2.45, 2.75) is 12.5 Å². The van der Waals surface area contributed by atoms with Crippen molar-refractivity contribution in [2.24, 2.45) is 0 Å². The topological polar surface area (TPSA) is 102 Å². The van der Waals surface area contributed by atoms with E-state index in [1.807, 2.05) is 30.3 Å². The number of amides is 1. The van der Waals surface area contributed by atoms with Crippen LogP contribution in [0, 0.1) is 5.82 Å². The molecule has 2 aromatic heterocycles. The number of aromatic nitrogens is 6. The van der Waals surface area contributed by atoms with Gasteiger partial charge in [-0.3, -0.25) is 4.79 Å². The quantitative estimate of drug-likeness (QED) is 0.299. The molecule has 0 bridgehead atoms. The molecule has 5 aromatic rings. The number of tetrazole rings is 1. The van der Waals surface area contributed by atoms with E-state index >= 15 is 0 Å². The largest absolute Gasteiger partial charge is 0.487 e. The van der Waals surface area contributed by atoms with Gasteiger partial charge in [0.2, 0.25) is 0 Å². The number of H-pyrrole nitrogens is 1. The van der Waals surface area contributed by atoms with Crippen LogP contribution in [-0.2, 0) is 6.42 Å². The van der Waals surface area contributed by atoms with E-state index in [1.54, 1.807) is 39.9 Å². The fourth-order valence-corrected chi connectivity index (χ4v) is 4.78. The average molecular weight is 564 g/mol. The van der Waals surface area contributed by atoms with Crippen LogP contribution in [0.3, 0.4) is 0 Å². The second-order valence-electron chi connectivity index (χ2n) is 8.95. The molecule has 1 amide bonds. The van der Waals surface area contributed by atoms with Crippen molar-refractivity contribution in [3.05, 3.63) is 106 Å². The minimum absolute atomic E-state index is 0.198. The Hall–Kier alpha value is -4.28. The monoisotopic (exact) mass is 563 g/mol. The van der Waals surface area contributed by atoms with Crippen molar-refractivity contribution >= 4 is 29.1 Å². The molecule has 0 saturated carbocycles. The Labute approximate surface area is 232 Å². The number of hydrogen-bond acceptors (Lipinski definition) is 6. The maximum Gasteiger partial charge on any atom is 0.274 e. The third kappa shape index (κ3) is 5.08. The minimum atomic E-state index is -0.340. The van der Waals surface area contributed by atoms with Crippen LogP contribution >= 0.6 is 23.2 Å². The number of para-hydroxylation sites is 1. The van der Waals surface area contributed by atoms with Gasteiger partial charge in [0.15, 0.2) is 11.5 Å². The smallest absolute Gasteiger partial charge is 0.274 e. The fraction of sp³-hybridized carbons (Fsp3) is 0.148. The van der Waals surface area contributed by atoms with Gasteiger partial charge in [0.1, 0.15) is 17.7 Å². The average Bonchev–Trinajstić information content (AvgIpc) is 3.56. The molecule has 3 heterocycles. The zero-order valence-corrected chi connectivity index (χ0v) is 21.8. The Morgan fingerprint density at radius 3 is 2.46 bits per heavy atom. The molecule has 9 nitrogen and oxygen atoms in total. The molecule has 39 heavy (non-hydrogen) atoms. The van der Waals surface area contributed by atoms with Crippen molar-refractivity contribution in [3.8, 4) is 22.7 Å². The van der Waals surface area contributed by atoms with Crippen LogP contribution < -0.4 is 4.74 Å². The summed E-state index contributed by atoms with van der Waals surface area (Å²) < 4.78 is 20.8. The molecule has 1 saturated heterocycles. The minimum Gasteiger partial charge on any atom is -0.487 e. The Morgan fingerprint density at radius 2 is 1.77 bits per heavy atom. The van der Waals surface area contributed by atoms with Crippen molar-refractivity contribution in [2.75, 3.05) is 13.1 Å². The summed E-state index contributed by atoms with van der Waals surface area (Å²) in [5, 5.41) is 20.2. The number of carbonyl (C=O) groups excluding carboxylic acids is 1. The van der Waals surface area contributed by atoms with Gasteiger partial charge in [-0.25, -0.2) is 9.07 Å². The Bertz CT molecular complexity index is 1620. The SMILES string of the molecule is O=C(c1nn(-c2ccccc2Cl)c(-c2ccc(Cl)cc2)c1Cc1nn[nH]n1)N1CC(Oc2ccc(F)cc2)C1. The number of likely N-dealkylation sites (tertiary alicyclic amines) is 1. The van der Waals surface area contributed by atoms with E-state index in [1.165, 1.54) is 12.1 Å². The van der Waals surface area contributed by atoms with E-state index in [0.29, 0.717) is 51.7 Å². The Morgan fingerprint density at radius 1 is 1.03 bits per heavy atom. The summed E-state index contributed by atoms with van der Waals surface area (Å²) in [6.45, 7) is 0.709. The summed E-state index contributed by atoms with van der Waals surface area (Å²) in [5.74, 6) is 0.333. The van der Waals surface area contributed by atoms with E-state index < -0.39 is 0 Å². The summed E-state index contributed by atoms with van der Waals surface area (Å²) >= 11 is 12.7. The van der Waals surface area contributed by atoms with Gasteiger partial charge in [-0.15, -0.1) is 10.2 Å². The van der Waals surface area contributed by atoms with Crippen LogP contribution in [0.4, 0.5) is 4.39 Å². The highest BCUT2D eigenvalue weighted by Gasteiger charge is 2.37. The first-order valence-electron chi connectivity index (χ1n) is 12.0. The molecule has 196 valence electrons. The number of rotatable bonds is 7. The summed E-state index contributed by atoms with van der Waals surface area (Å²) in [6.07, 6.45) is -0.0231. The standard InChI is InChI=1S/C27H20Cl2FN7O2/c28-17-7-5-16(6-8-17)26-21(13-24-31-34-35-32-24)25(33-37(26)23-4-2-1-3-22(23)29)27(38)36-14-20(15-36)39-19-11-9-18(30)10-12-19/h1-12,20H,13-15H2,(H,31,32,34,35). The number of ether oxygens (including phenoxy) is 1. The van der Waals surface area contributed by atoms with Crippen LogP contribution in [-0.4, -0.2) is 60.4 Å². The third-order valence-electron chi connectivity index (χ3n) is 6.36. The van der Waals surface area contributed by atoms with E-state index in [4.69, 9.17) is 33.0 Å². The molecule has 1 aliphatic rings. The number of hydrogen-bond donors (Lipinski definition) is 1. The van der Waals surface area contributed by atoms with Gasteiger partial charge in [0.05, 0.1) is 29.5 Å². The highest BCUT2D eigenvalue weighted by atomic mass is 35.5. The maximum absolute atomic E-state index is 13.8. The molecule has 3 aromatic carbocycles. The first-order valence-corrected chi connectivity index (χ1v) is 12.8. The van der Waals surface area contributed by atoms with E-state index in [9.17, 15) is 9.18 Å². The summed E-state index contributed by atoms with van der Waals surface area (Å²) in [4.78, 5) is 15.5. The lowest BCUT2D eigenvalue weighted by atomic mass is 10.0. The predicted octanol–water partition coefficient (Wildman–Crippen LogP) is 4.99. The van der Waals surface area contributed by atoms with Crippen molar-refractivity contribution in [1.82, 2.24) is 35.3 Å². The van der Waals surface area contributed by atoms with Gasteiger partial charge in [-0.2, -0.15) is 10.3 Å². The lowest BCUT2D eigenvalue weighted by Gasteiger charge is -2.38. The van der Waals surface area contributed by atoms with Gasteiger partial charge in [0.25, 0.3) is 5.91 Å². The highest BCUT2D eigenvalue weighted by Crippen LogP contribution is 2.34. The number of benzene rings is 3. The van der Waals surface area contributed by atoms with Gasteiger partial charge in [-0.05, 0) is 48.5 Å². The molecule has 0 radical (unpaired) electrons. The van der Waals surface area contributed by atoms with E-state index in [2.05, 4.69) is 20.6 Å². The molecular weight excluding hydrogens is 544 g/mol. The molecule has 0 aliphatic carbocycles. The first kappa shape index (κ1) is 25.0.